The smallest absolute Gasteiger partial charge is 0.253 e. The van der Waals surface area contributed by atoms with E-state index >= 15 is 0 Å². The molecule has 6 nitrogen and oxygen atoms in total. The second kappa shape index (κ2) is 8.51. The summed E-state index contributed by atoms with van der Waals surface area (Å²) >= 11 is 0. The number of carbonyl (C=O) groups is 2. The lowest BCUT2D eigenvalue weighted by molar-refractivity contribution is -0.115. The molecule has 1 heterocycles. The van der Waals surface area contributed by atoms with Crippen LogP contribution < -0.4 is 10.6 Å². The molecule has 0 aliphatic carbocycles. The molecule has 0 aromatic heterocycles. The van der Waals surface area contributed by atoms with Crippen molar-refractivity contribution in [3.8, 4) is 0 Å². The Morgan fingerprint density at radius 3 is 2.68 bits per heavy atom. The van der Waals surface area contributed by atoms with E-state index in [-0.39, 0.29) is 11.8 Å². The zero-order valence-corrected chi connectivity index (χ0v) is 12.9. The van der Waals surface area contributed by atoms with Gasteiger partial charge in [-0.05, 0) is 12.1 Å². The van der Waals surface area contributed by atoms with Crippen molar-refractivity contribution >= 4 is 17.5 Å². The third-order valence-corrected chi connectivity index (χ3v) is 3.58. The first kappa shape index (κ1) is 16.5. The van der Waals surface area contributed by atoms with E-state index in [0.29, 0.717) is 24.2 Å². The molecule has 120 valence electrons. The maximum Gasteiger partial charge on any atom is 0.253 e. The van der Waals surface area contributed by atoms with Gasteiger partial charge in [0.25, 0.3) is 5.91 Å². The number of ether oxygens (including phenoxy) is 1. The van der Waals surface area contributed by atoms with E-state index in [1.807, 2.05) is 0 Å². The fourth-order valence-electron chi connectivity index (χ4n) is 2.28. The van der Waals surface area contributed by atoms with Crippen LogP contribution in [0.4, 0.5) is 5.69 Å². The van der Waals surface area contributed by atoms with Crippen LogP contribution in [0.2, 0.25) is 0 Å². The van der Waals surface area contributed by atoms with Gasteiger partial charge in [-0.3, -0.25) is 14.5 Å². The highest BCUT2D eigenvalue weighted by Gasteiger charge is 2.13. The van der Waals surface area contributed by atoms with Crippen molar-refractivity contribution in [2.24, 2.45) is 0 Å². The monoisotopic (exact) mass is 305 g/mol. The molecule has 1 fully saturated rings. The lowest BCUT2D eigenvalue weighted by Gasteiger charge is -2.26. The Morgan fingerprint density at radius 1 is 1.23 bits per heavy atom. The second-order valence-corrected chi connectivity index (χ2v) is 5.16. The number of hydrogen-bond acceptors (Lipinski definition) is 4. The lowest BCUT2D eigenvalue weighted by atomic mass is 10.1. The van der Waals surface area contributed by atoms with Crippen LogP contribution in [0.3, 0.4) is 0 Å². The predicted molar refractivity (Wildman–Crippen MR) is 85.0 cm³/mol. The van der Waals surface area contributed by atoms with Gasteiger partial charge in [0.2, 0.25) is 5.91 Å². The molecule has 0 bridgehead atoms. The summed E-state index contributed by atoms with van der Waals surface area (Å²) in [5, 5.41) is 5.66. The standard InChI is InChI=1S/C16H23N3O3/c1-2-15(20)18-14-6-4-3-5-13(14)16(21)17-7-8-19-9-11-22-12-10-19/h3-6H,2,7-12H2,1H3,(H,17,21)(H,18,20). The first-order chi connectivity index (χ1) is 10.7. The highest BCUT2D eigenvalue weighted by atomic mass is 16.5. The van der Waals surface area contributed by atoms with Gasteiger partial charge in [0, 0.05) is 32.6 Å². The Hall–Kier alpha value is -1.92. The highest BCUT2D eigenvalue weighted by molar-refractivity contribution is 6.03. The molecule has 2 N–H and O–H groups in total. The van der Waals surface area contributed by atoms with Crippen LogP contribution in [-0.4, -0.2) is 56.1 Å². The van der Waals surface area contributed by atoms with Crippen LogP contribution in [0.15, 0.2) is 24.3 Å². The summed E-state index contributed by atoms with van der Waals surface area (Å²) in [4.78, 5) is 26.0. The van der Waals surface area contributed by atoms with Crippen LogP contribution in [0.25, 0.3) is 0 Å². The molecule has 1 saturated heterocycles. The quantitative estimate of drug-likeness (QED) is 0.825. The normalized spacial score (nSPS) is 15.3. The summed E-state index contributed by atoms with van der Waals surface area (Å²) in [5.74, 6) is -0.270. The fourth-order valence-corrected chi connectivity index (χ4v) is 2.28. The van der Waals surface area contributed by atoms with Crippen molar-refractivity contribution in [1.82, 2.24) is 10.2 Å². The molecule has 22 heavy (non-hydrogen) atoms. The van der Waals surface area contributed by atoms with Crippen molar-refractivity contribution in [2.75, 3.05) is 44.7 Å². The highest BCUT2D eigenvalue weighted by Crippen LogP contribution is 2.15. The minimum Gasteiger partial charge on any atom is -0.379 e. The van der Waals surface area contributed by atoms with Gasteiger partial charge in [-0.1, -0.05) is 19.1 Å². The number of carbonyl (C=O) groups excluding carboxylic acids is 2. The number of amides is 2. The maximum absolute atomic E-state index is 12.3. The summed E-state index contributed by atoms with van der Waals surface area (Å²) in [6, 6.07) is 7.05. The molecule has 1 aromatic carbocycles. The molecule has 2 rings (SSSR count). The molecule has 1 aromatic rings. The number of morpholine rings is 1. The average Bonchev–Trinajstić information content (AvgIpc) is 2.56. The average molecular weight is 305 g/mol. The number of para-hydroxylation sites is 1. The molecule has 0 atom stereocenters. The van der Waals surface area contributed by atoms with E-state index in [1.165, 1.54) is 0 Å². The number of benzene rings is 1. The van der Waals surface area contributed by atoms with Crippen LogP contribution in [-0.2, 0) is 9.53 Å². The van der Waals surface area contributed by atoms with Crippen LogP contribution >= 0.6 is 0 Å². The lowest BCUT2D eigenvalue weighted by Crippen LogP contribution is -2.41. The molecule has 1 aliphatic heterocycles. The maximum atomic E-state index is 12.3. The SMILES string of the molecule is CCC(=O)Nc1ccccc1C(=O)NCCN1CCOCC1. The Balaban J connectivity index is 1.87. The summed E-state index contributed by atoms with van der Waals surface area (Å²) in [6.45, 7) is 6.46. The van der Waals surface area contributed by atoms with Crippen LogP contribution in [0, 0.1) is 0 Å². The summed E-state index contributed by atoms with van der Waals surface area (Å²) in [6.07, 6.45) is 0.382. The minimum atomic E-state index is -0.166. The zero-order chi connectivity index (χ0) is 15.8. The van der Waals surface area contributed by atoms with Crippen LogP contribution in [0.1, 0.15) is 23.7 Å². The topological polar surface area (TPSA) is 70.7 Å². The number of rotatable bonds is 6. The number of anilines is 1. The molecule has 1 aliphatic rings. The largest absolute Gasteiger partial charge is 0.379 e. The fraction of sp³-hybridized carbons (Fsp3) is 0.500. The molecule has 0 radical (unpaired) electrons. The Labute approximate surface area is 130 Å². The summed E-state index contributed by atoms with van der Waals surface area (Å²) in [7, 11) is 0. The zero-order valence-electron chi connectivity index (χ0n) is 12.9. The van der Waals surface area contributed by atoms with Gasteiger partial charge in [-0.15, -0.1) is 0 Å². The van der Waals surface area contributed by atoms with Crippen molar-refractivity contribution in [1.29, 1.82) is 0 Å². The predicted octanol–water partition coefficient (Wildman–Crippen LogP) is 1.10. The van der Waals surface area contributed by atoms with E-state index in [4.69, 9.17) is 4.74 Å². The van der Waals surface area contributed by atoms with Gasteiger partial charge in [0.1, 0.15) is 0 Å². The van der Waals surface area contributed by atoms with E-state index < -0.39 is 0 Å². The Morgan fingerprint density at radius 2 is 1.95 bits per heavy atom. The molecular formula is C16H23N3O3. The van der Waals surface area contributed by atoms with E-state index in [1.54, 1.807) is 31.2 Å². The molecule has 0 saturated carbocycles. The van der Waals surface area contributed by atoms with Crippen LogP contribution in [0.5, 0.6) is 0 Å². The summed E-state index contributed by atoms with van der Waals surface area (Å²) < 4.78 is 5.29. The first-order valence-electron chi connectivity index (χ1n) is 7.68. The van der Waals surface area contributed by atoms with Crippen molar-refractivity contribution in [3.05, 3.63) is 29.8 Å². The van der Waals surface area contributed by atoms with Crippen molar-refractivity contribution in [3.63, 3.8) is 0 Å². The Bertz CT molecular complexity index is 513. The van der Waals surface area contributed by atoms with Gasteiger partial charge >= 0.3 is 0 Å². The number of nitrogens with zero attached hydrogens (tertiary/aromatic N) is 1. The van der Waals surface area contributed by atoms with Gasteiger partial charge in [-0.2, -0.15) is 0 Å². The van der Waals surface area contributed by atoms with Gasteiger partial charge < -0.3 is 15.4 Å². The molecule has 0 unspecified atom stereocenters. The summed E-state index contributed by atoms with van der Waals surface area (Å²) in [5.41, 5.74) is 1.05. The Kier molecular flexibility index (Phi) is 6.36. The van der Waals surface area contributed by atoms with Gasteiger partial charge in [0.15, 0.2) is 0 Å². The van der Waals surface area contributed by atoms with E-state index in [9.17, 15) is 9.59 Å². The molecular weight excluding hydrogens is 282 g/mol. The minimum absolute atomic E-state index is 0.103. The van der Waals surface area contributed by atoms with Crippen molar-refractivity contribution in [2.45, 2.75) is 13.3 Å². The molecule has 6 heteroatoms. The van der Waals surface area contributed by atoms with Gasteiger partial charge in [-0.25, -0.2) is 0 Å². The van der Waals surface area contributed by atoms with Gasteiger partial charge in [0.05, 0.1) is 24.5 Å². The molecule has 2 amide bonds. The van der Waals surface area contributed by atoms with E-state index in [2.05, 4.69) is 15.5 Å². The van der Waals surface area contributed by atoms with E-state index in [0.717, 1.165) is 32.8 Å². The van der Waals surface area contributed by atoms with Crippen molar-refractivity contribution < 1.29 is 14.3 Å². The number of nitrogens with one attached hydrogen (secondary N) is 2. The molecule has 0 spiro atoms. The second-order valence-electron chi connectivity index (χ2n) is 5.16. The number of hydrogen-bond donors (Lipinski definition) is 2. The third kappa shape index (κ3) is 4.82. The third-order valence-electron chi connectivity index (χ3n) is 3.58. The first-order valence-corrected chi connectivity index (χ1v) is 7.68.